The second-order valence-corrected chi connectivity index (χ2v) is 13.5. The van der Waals surface area contributed by atoms with E-state index >= 15 is 4.39 Å². The Kier molecular flexibility index (Phi) is 6.44. The van der Waals surface area contributed by atoms with Crippen LogP contribution in [-0.2, 0) is 6.18 Å². The summed E-state index contributed by atoms with van der Waals surface area (Å²) in [5.41, 5.74) is 2.96. The minimum Gasteiger partial charge on any atom is -0.461 e. The molecule has 0 amide bonds. The summed E-state index contributed by atoms with van der Waals surface area (Å²) in [7, 11) is 0. The van der Waals surface area contributed by atoms with E-state index in [0.717, 1.165) is 87.6 Å². The molecule has 0 aliphatic carbocycles. The van der Waals surface area contributed by atoms with Gasteiger partial charge in [0.2, 0.25) is 0 Å². The Morgan fingerprint density at radius 2 is 1.89 bits per heavy atom. The van der Waals surface area contributed by atoms with E-state index in [2.05, 4.69) is 30.5 Å². The molecule has 44 heavy (non-hydrogen) atoms. The van der Waals surface area contributed by atoms with Gasteiger partial charge in [0.05, 0.1) is 21.3 Å². The van der Waals surface area contributed by atoms with E-state index < -0.39 is 28.9 Å². The van der Waals surface area contributed by atoms with E-state index in [1.807, 2.05) is 0 Å². The number of nitrogen functional groups attached to an aromatic ring is 1. The van der Waals surface area contributed by atoms with Crippen LogP contribution in [-0.4, -0.2) is 63.2 Å². The number of fused-ring (bicyclic) bond motifs is 5. The Bertz CT molecular complexity index is 1790. The normalized spacial score (nSPS) is 24.5. The van der Waals surface area contributed by atoms with Gasteiger partial charge in [0, 0.05) is 34.6 Å². The lowest BCUT2D eigenvalue weighted by Crippen LogP contribution is -2.43. The van der Waals surface area contributed by atoms with E-state index in [1.54, 1.807) is 0 Å². The molecule has 14 heteroatoms. The number of nitrogens with zero attached hydrogens (tertiary/aromatic N) is 4. The Hall–Kier alpha value is -3.36. The fraction of sp³-hybridized carbons (Fsp3) is 0.500. The molecule has 4 fully saturated rings. The minimum atomic E-state index is -4.96. The standard InChI is InChI=1S/C30H30F5N7OS/c31-18-5-4-15(24-25(18)44-27(36)39-24)21-17(30(33,34)35)12-16-23(22(21)32)40-28(43-13-29-7-1-9-42(29)10-2-8-29)41-26(16)38-20-11-14-3-6-19(20)37-14/h4-5,12,14,19-20,37H,1-3,6-11,13H2,(H2,36,39)(H,38,40,41). The van der Waals surface area contributed by atoms with Crippen molar-refractivity contribution in [2.45, 2.75) is 74.8 Å². The van der Waals surface area contributed by atoms with Crippen molar-refractivity contribution >= 4 is 43.4 Å². The second-order valence-electron chi connectivity index (χ2n) is 12.4. The van der Waals surface area contributed by atoms with Crippen molar-refractivity contribution in [2.75, 3.05) is 30.7 Å². The average molecular weight is 632 g/mol. The molecule has 3 unspecified atom stereocenters. The Morgan fingerprint density at radius 1 is 1.09 bits per heavy atom. The number of aromatic nitrogens is 3. The quantitative estimate of drug-likeness (QED) is 0.220. The molecule has 4 aromatic rings. The smallest absolute Gasteiger partial charge is 0.417 e. The first-order chi connectivity index (χ1) is 21.1. The maximum absolute atomic E-state index is 16.7. The SMILES string of the molecule is Nc1nc2c(-c3c(C(F)(F)F)cc4c(NC5CC6CCC5N6)nc(OCC56CCCN5CCC6)nc4c3F)ccc(F)c2s1. The molecule has 232 valence electrons. The highest BCUT2D eigenvalue weighted by molar-refractivity contribution is 7.22. The van der Waals surface area contributed by atoms with Crippen LogP contribution in [0.5, 0.6) is 6.01 Å². The van der Waals surface area contributed by atoms with Gasteiger partial charge in [-0.3, -0.25) is 4.90 Å². The summed E-state index contributed by atoms with van der Waals surface area (Å²) in [6, 6.07) is 3.23. The molecule has 4 saturated heterocycles. The molecule has 4 aliphatic heterocycles. The van der Waals surface area contributed by atoms with Crippen LogP contribution in [0.1, 0.15) is 50.5 Å². The third-order valence-corrected chi connectivity index (χ3v) is 10.8. The lowest BCUT2D eigenvalue weighted by atomic mass is 9.94. The van der Waals surface area contributed by atoms with Gasteiger partial charge in [-0.1, -0.05) is 11.3 Å². The van der Waals surface area contributed by atoms with Crippen molar-refractivity contribution in [1.29, 1.82) is 0 Å². The van der Waals surface area contributed by atoms with Crippen LogP contribution >= 0.6 is 11.3 Å². The van der Waals surface area contributed by atoms with Crippen molar-refractivity contribution < 1.29 is 26.7 Å². The first-order valence-electron chi connectivity index (χ1n) is 15.0. The number of rotatable bonds is 6. The zero-order chi connectivity index (χ0) is 30.4. The number of alkyl halides is 3. The van der Waals surface area contributed by atoms with Gasteiger partial charge in [-0.2, -0.15) is 23.1 Å². The third-order valence-electron chi connectivity index (χ3n) is 9.90. The maximum Gasteiger partial charge on any atom is 0.417 e. The van der Waals surface area contributed by atoms with Crippen molar-refractivity contribution in [3.8, 4) is 17.1 Å². The van der Waals surface area contributed by atoms with Gasteiger partial charge < -0.3 is 21.1 Å². The molecule has 3 atom stereocenters. The van der Waals surface area contributed by atoms with Crippen LogP contribution in [0, 0.1) is 11.6 Å². The van der Waals surface area contributed by atoms with Gasteiger partial charge in [0.15, 0.2) is 10.9 Å². The molecule has 2 bridgehead atoms. The number of hydrogen-bond donors (Lipinski definition) is 3. The van der Waals surface area contributed by atoms with E-state index in [1.165, 1.54) is 0 Å². The summed E-state index contributed by atoms with van der Waals surface area (Å²) >= 11 is 0.787. The zero-order valence-electron chi connectivity index (χ0n) is 23.6. The van der Waals surface area contributed by atoms with Crippen LogP contribution in [0.2, 0.25) is 0 Å². The Morgan fingerprint density at radius 3 is 2.59 bits per heavy atom. The molecule has 4 aliphatic rings. The van der Waals surface area contributed by atoms with Crippen LogP contribution in [0.25, 0.3) is 32.2 Å². The molecule has 8 nitrogen and oxygen atoms in total. The van der Waals surface area contributed by atoms with Crippen molar-refractivity contribution in [1.82, 2.24) is 25.2 Å². The van der Waals surface area contributed by atoms with E-state index in [4.69, 9.17) is 10.5 Å². The molecule has 8 rings (SSSR count). The average Bonchev–Trinajstić information content (AvgIpc) is 3.79. The van der Waals surface area contributed by atoms with Crippen LogP contribution < -0.4 is 21.1 Å². The van der Waals surface area contributed by atoms with Gasteiger partial charge in [0.25, 0.3) is 0 Å². The van der Waals surface area contributed by atoms with E-state index in [9.17, 15) is 17.6 Å². The van der Waals surface area contributed by atoms with Gasteiger partial charge in [0.1, 0.15) is 23.8 Å². The molecular formula is C30H30F5N7OS. The lowest BCUT2D eigenvalue weighted by molar-refractivity contribution is -0.137. The van der Waals surface area contributed by atoms with Crippen LogP contribution in [0.3, 0.4) is 0 Å². The molecule has 2 aromatic carbocycles. The number of halogens is 5. The number of nitrogens with one attached hydrogen (secondary N) is 2. The summed E-state index contributed by atoms with van der Waals surface area (Å²) < 4.78 is 81.5. The first kappa shape index (κ1) is 28.1. The number of hydrogen-bond acceptors (Lipinski definition) is 9. The van der Waals surface area contributed by atoms with Gasteiger partial charge in [-0.05, 0) is 76.2 Å². The Balaban J connectivity index is 1.30. The molecule has 4 N–H and O–H groups in total. The highest BCUT2D eigenvalue weighted by Gasteiger charge is 2.45. The number of anilines is 2. The van der Waals surface area contributed by atoms with Gasteiger partial charge >= 0.3 is 12.2 Å². The van der Waals surface area contributed by atoms with E-state index in [0.29, 0.717) is 12.6 Å². The molecule has 2 aromatic heterocycles. The van der Waals surface area contributed by atoms with Crippen LogP contribution in [0.4, 0.5) is 32.9 Å². The van der Waals surface area contributed by atoms with Gasteiger partial charge in [-0.25, -0.2) is 13.8 Å². The number of nitrogens with two attached hydrogens (primary N) is 1. The van der Waals surface area contributed by atoms with Crippen molar-refractivity contribution in [3.63, 3.8) is 0 Å². The summed E-state index contributed by atoms with van der Waals surface area (Å²) in [6.45, 7) is 2.27. The van der Waals surface area contributed by atoms with Gasteiger partial charge in [-0.15, -0.1) is 0 Å². The summed E-state index contributed by atoms with van der Waals surface area (Å²) in [4.78, 5) is 15.4. The number of thiazole rings is 1. The van der Waals surface area contributed by atoms with Crippen LogP contribution in [0.15, 0.2) is 18.2 Å². The maximum atomic E-state index is 16.7. The van der Waals surface area contributed by atoms with Crippen molar-refractivity contribution in [3.05, 3.63) is 35.4 Å². The molecule has 0 saturated carbocycles. The summed E-state index contributed by atoms with van der Waals surface area (Å²) in [5, 5.41) is 6.67. The second kappa shape index (κ2) is 10.1. The molecule has 6 heterocycles. The molecule has 0 radical (unpaired) electrons. The topological polar surface area (TPSA) is 101 Å². The Labute approximate surface area is 253 Å². The summed E-state index contributed by atoms with van der Waals surface area (Å²) in [5.74, 6) is -1.82. The lowest BCUT2D eigenvalue weighted by Gasteiger charge is -2.31. The fourth-order valence-corrected chi connectivity index (χ4v) is 8.64. The fourth-order valence-electron chi connectivity index (χ4n) is 7.88. The predicted molar refractivity (Wildman–Crippen MR) is 158 cm³/mol. The zero-order valence-corrected chi connectivity index (χ0v) is 24.4. The highest BCUT2D eigenvalue weighted by atomic mass is 32.1. The first-order valence-corrected chi connectivity index (χ1v) is 15.8. The highest BCUT2D eigenvalue weighted by Crippen LogP contribution is 2.46. The predicted octanol–water partition coefficient (Wildman–Crippen LogP) is 6.10. The van der Waals surface area contributed by atoms with Crippen molar-refractivity contribution in [2.24, 2.45) is 0 Å². The minimum absolute atomic E-state index is 0.0441. The molecular weight excluding hydrogens is 601 g/mol. The monoisotopic (exact) mass is 631 g/mol. The summed E-state index contributed by atoms with van der Waals surface area (Å²) in [6.07, 6.45) is 1.81. The number of ether oxygens (including phenoxy) is 1. The number of benzene rings is 2. The largest absolute Gasteiger partial charge is 0.461 e. The van der Waals surface area contributed by atoms with E-state index in [-0.39, 0.29) is 61.3 Å². The molecule has 0 spiro atoms. The third kappa shape index (κ3) is 4.47.